The molecule has 7 heteroatoms. The van der Waals surface area contributed by atoms with Crippen molar-refractivity contribution in [2.24, 2.45) is 0 Å². The second-order valence-electron chi connectivity index (χ2n) is 5.70. The Kier molecular flexibility index (Phi) is 5.52. The van der Waals surface area contributed by atoms with E-state index in [-0.39, 0.29) is 5.54 Å². The van der Waals surface area contributed by atoms with Crippen molar-refractivity contribution in [2.75, 3.05) is 11.9 Å². The van der Waals surface area contributed by atoms with Crippen LogP contribution in [0, 0.1) is 0 Å². The van der Waals surface area contributed by atoms with E-state index >= 15 is 0 Å². The van der Waals surface area contributed by atoms with Gasteiger partial charge in [-0.1, -0.05) is 6.08 Å². The smallest absolute Gasteiger partial charge is 0.321 e. The average molecular weight is 293 g/mol. The molecule has 21 heavy (non-hydrogen) atoms. The van der Waals surface area contributed by atoms with Gasteiger partial charge in [0, 0.05) is 12.7 Å². The number of urea groups is 1. The van der Waals surface area contributed by atoms with Gasteiger partial charge in [0.25, 0.3) is 0 Å². The molecule has 1 aromatic heterocycles. The molecule has 0 bridgehead atoms. The molecule has 0 fully saturated rings. The van der Waals surface area contributed by atoms with Crippen LogP contribution in [0.1, 0.15) is 27.7 Å². The fourth-order valence-electron chi connectivity index (χ4n) is 1.51. The maximum atomic E-state index is 11.8. The van der Waals surface area contributed by atoms with Crippen molar-refractivity contribution in [1.82, 2.24) is 20.4 Å². The van der Waals surface area contributed by atoms with Gasteiger partial charge in [-0.15, -0.1) is 6.58 Å². The van der Waals surface area contributed by atoms with E-state index in [1.54, 1.807) is 17.8 Å². The highest BCUT2D eigenvalue weighted by molar-refractivity contribution is 5.97. The largest absolute Gasteiger partial charge is 0.371 e. The Bertz CT molecular complexity index is 516. The van der Waals surface area contributed by atoms with Crippen molar-refractivity contribution >= 4 is 17.6 Å². The lowest BCUT2D eigenvalue weighted by Crippen LogP contribution is -2.45. The van der Waals surface area contributed by atoms with E-state index < -0.39 is 18.0 Å². The number of nitrogens with zero attached hydrogens (tertiary/aromatic N) is 2. The number of amides is 3. The summed E-state index contributed by atoms with van der Waals surface area (Å²) in [4.78, 5) is 23.2. The molecule has 1 atom stereocenters. The van der Waals surface area contributed by atoms with Crippen LogP contribution in [0.5, 0.6) is 0 Å². The van der Waals surface area contributed by atoms with Gasteiger partial charge in [0.1, 0.15) is 6.04 Å². The molecule has 3 N–H and O–H groups in total. The van der Waals surface area contributed by atoms with Crippen molar-refractivity contribution < 1.29 is 9.59 Å². The fraction of sp³-hybridized carbons (Fsp3) is 0.500. The molecule has 0 aromatic carbocycles. The van der Waals surface area contributed by atoms with Crippen molar-refractivity contribution in [1.29, 1.82) is 0 Å². The van der Waals surface area contributed by atoms with Gasteiger partial charge in [-0.05, 0) is 27.7 Å². The summed E-state index contributed by atoms with van der Waals surface area (Å²) in [6.07, 6.45) is 5.00. The maximum Gasteiger partial charge on any atom is 0.321 e. The first kappa shape index (κ1) is 16.7. The highest BCUT2D eigenvalue weighted by Crippen LogP contribution is 2.16. The zero-order chi connectivity index (χ0) is 16.0. The van der Waals surface area contributed by atoms with Gasteiger partial charge in [0.15, 0.2) is 0 Å². The van der Waals surface area contributed by atoms with Crippen molar-refractivity contribution in [3.05, 3.63) is 25.0 Å². The SMILES string of the molecule is C=CCNC(=O)NC(=O)[C@@H](C)Nc1cnn(C(C)(C)C)c1. The molecule has 1 heterocycles. The standard InChI is InChI=1S/C14H23N5O2/c1-6-7-15-13(21)18-12(20)10(2)17-11-8-16-19(9-11)14(3,4)5/h6,8-10,17H,1,7H2,2-5H3,(H2,15,18,20,21)/t10-/m1/s1. The Morgan fingerprint density at radius 3 is 2.67 bits per heavy atom. The summed E-state index contributed by atoms with van der Waals surface area (Å²) in [5.74, 6) is -0.417. The second kappa shape index (κ2) is 6.92. The van der Waals surface area contributed by atoms with Crippen LogP contribution >= 0.6 is 0 Å². The molecule has 0 aliphatic carbocycles. The third-order valence-corrected chi connectivity index (χ3v) is 2.69. The number of aromatic nitrogens is 2. The summed E-state index contributed by atoms with van der Waals surface area (Å²) in [6, 6.07) is -1.10. The predicted octanol–water partition coefficient (Wildman–Crippen LogP) is 1.45. The van der Waals surface area contributed by atoms with E-state index in [1.165, 1.54) is 6.08 Å². The van der Waals surface area contributed by atoms with E-state index in [4.69, 9.17) is 0 Å². The number of nitrogens with one attached hydrogen (secondary N) is 3. The number of anilines is 1. The Morgan fingerprint density at radius 1 is 1.48 bits per heavy atom. The van der Waals surface area contributed by atoms with Gasteiger partial charge in [-0.3, -0.25) is 14.8 Å². The molecule has 0 saturated carbocycles. The van der Waals surface area contributed by atoms with E-state index in [0.29, 0.717) is 6.54 Å². The van der Waals surface area contributed by atoms with Gasteiger partial charge < -0.3 is 10.6 Å². The molecule has 116 valence electrons. The molecule has 0 saturated heterocycles. The molecule has 3 amide bonds. The molecule has 0 radical (unpaired) electrons. The first-order valence-electron chi connectivity index (χ1n) is 6.75. The molecule has 1 aromatic rings. The maximum absolute atomic E-state index is 11.8. The van der Waals surface area contributed by atoms with Crippen LogP contribution in [0.3, 0.4) is 0 Å². The van der Waals surface area contributed by atoms with Crippen LogP contribution in [-0.2, 0) is 10.3 Å². The zero-order valence-corrected chi connectivity index (χ0v) is 12.9. The summed E-state index contributed by atoms with van der Waals surface area (Å²) in [7, 11) is 0. The van der Waals surface area contributed by atoms with Gasteiger partial charge in [0.2, 0.25) is 5.91 Å². The number of rotatable bonds is 5. The van der Waals surface area contributed by atoms with Crippen molar-refractivity contribution in [2.45, 2.75) is 39.3 Å². The summed E-state index contributed by atoms with van der Waals surface area (Å²) in [5.41, 5.74) is 0.592. The number of imide groups is 1. The fourth-order valence-corrected chi connectivity index (χ4v) is 1.51. The van der Waals surface area contributed by atoms with E-state index in [0.717, 1.165) is 5.69 Å². The van der Waals surface area contributed by atoms with Crippen LogP contribution in [0.15, 0.2) is 25.0 Å². The van der Waals surface area contributed by atoms with Crippen LogP contribution in [0.2, 0.25) is 0 Å². The molecule has 0 aliphatic heterocycles. The Hall–Kier alpha value is -2.31. The molecule has 0 spiro atoms. The summed E-state index contributed by atoms with van der Waals surface area (Å²) in [5, 5.41) is 12.0. The lowest BCUT2D eigenvalue weighted by Gasteiger charge is -2.19. The van der Waals surface area contributed by atoms with E-state index in [2.05, 4.69) is 27.6 Å². The Balaban J connectivity index is 2.54. The van der Waals surface area contributed by atoms with E-state index in [1.807, 2.05) is 27.0 Å². The number of carbonyl (C=O) groups excluding carboxylic acids is 2. The average Bonchev–Trinajstić information content (AvgIpc) is 2.84. The second-order valence-corrected chi connectivity index (χ2v) is 5.70. The summed E-state index contributed by atoms with van der Waals surface area (Å²) >= 11 is 0. The lowest BCUT2D eigenvalue weighted by molar-refractivity contribution is -0.120. The minimum Gasteiger partial charge on any atom is -0.371 e. The van der Waals surface area contributed by atoms with Crippen LogP contribution < -0.4 is 16.0 Å². The van der Waals surface area contributed by atoms with Crippen LogP contribution in [0.25, 0.3) is 0 Å². The molecule has 0 aliphatic rings. The quantitative estimate of drug-likeness (QED) is 0.717. The van der Waals surface area contributed by atoms with Crippen molar-refractivity contribution in [3.63, 3.8) is 0 Å². The van der Waals surface area contributed by atoms with Gasteiger partial charge in [-0.25, -0.2) is 4.79 Å². The minimum atomic E-state index is -0.558. The lowest BCUT2D eigenvalue weighted by atomic mass is 10.1. The number of hydrogen-bond donors (Lipinski definition) is 3. The molecular formula is C14H23N5O2. The highest BCUT2D eigenvalue weighted by Gasteiger charge is 2.18. The number of carbonyl (C=O) groups is 2. The molecule has 1 rings (SSSR count). The summed E-state index contributed by atoms with van der Waals surface area (Å²) in [6.45, 7) is 11.5. The molecule has 0 unspecified atom stereocenters. The Morgan fingerprint density at radius 2 is 2.14 bits per heavy atom. The normalized spacial score (nSPS) is 12.4. The van der Waals surface area contributed by atoms with Gasteiger partial charge >= 0.3 is 6.03 Å². The van der Waals surface area contributed by atoms with Crippen LogP contribution in [-0.4, -0.2) is 34.3 Å². The topological polar surface area (TPSA) is 88.1 Å². The van der Waals surface area contributed by atoms with Crippen LogP contribution in [0.4, 0.5) is 10.5 Å². The number of hydrogen-bond acceptors (Lipinski definition) is 4. The predicted molar refractivity (Wildman–Crippen MR) is 82.0 cm³/mol. The third kappa shape index (κ3) is 5.29. The zero-order valence-electron chi connectivity index (χ0n) is 12.9. The van der Waals surface area contributed by atoms with Crippen molar-refractivity contribution in [3.8, 4) is 0 Å². The monoisotopic (exact) mass is 293 g/mol. The summed E-state index contributed by atoms with van der Waals surface area (Å²) < 4.78 is 1.80. The first-order valence-corrected chi connectivity index (χ1v) is 6.75. The molecule has 7 nitrogen and oxygen atoms in total. The Labute approximate surface area is 124 Å². The first-order chi connectivity index (χ1) is 9.74. The molecular weight excluding hydrogens is 270 g/mol. The van der Waals surface area contributed by atoms with E-state index in [9.17, 15) is 9.59 Å². The highest BCUT2D eigenvalue weighted by atomic mass is 16.2. The third-order valence-electron chi connectivity index (χ3n) is 2.69. The van der Waals surface area contributed by atoms with Gasteiger partial charge in [0.05, 0.1) is 17.4 Å². The minimum absolute atomic E-state index is 0.129. The van der Waals surface area contributed by atoms with Gasteiger partial charge in [-0.2, -0.15) is 5.10 Å².